The Kier molecular flexibility index (Phi) is 4.61. The van der Waals surface area contributed by atoms with Gasteiger partial charge in [0, 0.05) is 0 Å². The number of rotatable bonds is 5. The standard InChI is InChI=1S/C19H15NO5/c1-12-17(19(23)25-20-12)10-13-4-8-16(9-5-13)24-11-14-2-6-15(7-3-14)18(21)22/h2-10H,11H2,1H3,(H,21,22). The van der Waals surface area contributed by atoms with Crippen LogP contribution in [0.15, 0.2) is 59.3 Å². The Morgan fingerprint density at radius 2 is 1.84 bits per heavy atom. The molecule has 6 heteroatoms. The number of carboxylic acid groups (broad SMARTS) is 1. The molecular formula is C19H15NO5. The van der Waals surface area contributed by atoms with Gasteiger partial charge in [0.05, 0.1) is 16.8 Å². The van der Waals surface area contributed by atoms with E-state index in [0.717, 1.165) is 11.1 Å². The van der Waals surface area contributed by atoms with Gasteiger partial charge in [-0.1, -0.05) is 29.4 Å². The van der Waals surface area contributed by atoms with E-state index in [4.69, 9.17) is 9.84 Å². The van der Waals surface area contributed by atoms with E-state index < -0.39 is 11.9 Å². The summed E-state index contributed by atoms with van der Waals surface area (Å²) in [6, 6.07) is 13.8. The summed E-state index contributed by atoms with van der Waals surface area (Å²) in [5.41, 5.74) is 2.94. The molecule has 1 heterocycles. The van der Waals surface area contributed by atoms with E-state index in [0.29, 0.717) is 23.6 Å². The highest BCUT2D eigenvalue weighted by Crippen LogP contribution is 2.19. The lowest BCUT2D eigenvalue weighted by Crippen LogP contribution is -2.01. The Balaban J connectivity index is 1.63. The summed E-state index contributed by atoms with van der Waals surface area (Å²) in [5, 5.41) is 12.5. The monoisotopic (exact) mass is 337 g/mol. The second-order valence-corrected chi connectivity index (χ2v) is 5.47. The lowest BCUT2D eigenvalue weighted by molar-refractivity contribution is -0.136. The highest BCUT2D eigenvalue weighted by Gasteiger charge is 2.21. The molecule has 0 spiro atoms. The summed E-state index contributed by atoms with van der Waals surface area (Å²) in [6.45, 7) is 2.04. The first kappa shape index (κ1) is 16.4. The maximum Gasteiger partial charge on any atom is 0.367 e. The average molecular weight is 337 g/mol. The Morgan fingerprint density at radius 3 is 2.40 bits per heavy atom. The molecule has 1 aliphatic rings. The van der Waals surface area contributed by atoms with Crippen LogP contribution in [0.4, 0.5) is 0 Å². The van der Waals surface area contributed by atoms with Crippen LogP contribution in [0, 0.1) is 0 Å². The molecule has 0 saturated carbocycles. The van der Waals surface area contributed by atoms with Crippen LogP contribution in [0.3, 0.4) is 0 Å². The smallest absolute Gasteiger partial charge is 0.367 e. The van der Waals surface area contributed by atoms with Gasteiger partial charge in [-0.2, -0.15) is 0 Å². The van der Waals surface area contributed by atoms with Gasteiger partial charge in [0.15, 0.2) is 0 Å². The van der Waals surface area contributed by atoms with Gasteiger partial charge in [0.25, 0.3) is 0 Å². The van der Waals surface area contributed by atoms with Crippen LogP contribution in [0.1, 0.15) is 28.4 Å². The zero-order valence-corrected chi connectivity index (χ0v) is 13.4. The van der Waals surface area contributed by atoms with Crippen molar-refractivity contribution in [2.75, 3.05) is 0 Å². The van der Waals surface area contributed by atoms with Crippen LogP contribution in [-0.4, -0.2) is 22.8 Å². The minimum Gasteiger partial charge on any atom is -0.489 e. The molecule has 0 aromatic heterocycles. The molecule has 25 heavy (non-hydrogen) atoms. The first-order valence-corrected chi connectivity index (χ1v) is 7.56. The summed E-state index contributed by atoms with van der Waals surface area (Å²) in [5.74, 6) is -0.741. The van der Waals surface area contributed by atoms with E-state index in [1.165, 1.54) is 0 Å². The summed E-state index contributed by atoms with van der Waals surface area (Å²) in [6.07, 6.45) is 1.71. The largest absolute Gasteiger partial charge is 0.489 e. The molecule has 0 atom stereocenters. The van der Waals surface area contributed by atoms with Crippen LogP contribution in [-0.2, 0) is 16.2 Å². The lowest BCUT2D eigenvalue weighted by atomic mass is 10.1. The Labute approximate surface area is 144 Å². The number of ether oxygens (including phenoxy) is 1. The third kappa shape index (κ3) is 3.92. The van der Waals surface area contributed by atoms with E-state index in [-0.39, 0.29) is 5.56 Å². The van der Waals surface area contributed by atoms with E-state index in [9.17, 15) is 9.59 Å². The minimum atomic E-state index is -0.955. The number of benzene rings is 2. The molecule has 1 N–H and O–H groups in total. The summed E-state index contributed by atoms with van der Waals surface area (Å²) in [4.78, 5) is 26.9. The Morgan fingerprint density at radius 1 is 1.16 bits per heavy atom. The predicted molar refractivity (Wildman–Crippen MR) is 91.4 cm³/mol. The summed E-state index contributed by atoms with van der Waals surface area (Å²) in [7, 11) is 0. The van der Waals surface area contributed by atoms with Gasteiger partial charge >= 0.3 is 11.9 Å². The number of carboxylic acids is 1. The third-order valence-corrected chi connectivity index (χ3v) is 3.67. The molecule has 2 aromatic carbocycles. The third-order valence-electron chi connectivity index (χ3n) is 3.67. The molecule has 0 amide bonds. The molecule has 0 bridgehead atoms. The van der Waals surface area contributed by atoms with Crippen molar-refractivity contribution < 1.29 is 24.3 Å². The fourth-order valence-corrected chi connectivity index (χ4v) is 2.26. The average Bonchev–Trinajstić information content (AvgIpc) is 2.93. The van der Waals surface area contributed by atoms with Crippen molar-refractivity contribution in [3.8, 4) is 5.75 Å². The zero-order chi connectivity index (χ0) is 17.8. The number of carbonyl (C=O) groups is 2. The molecule has 2 aromatic rings. The van der Waals surface area contributed by atoms with Crippen LogP contribution in [0.25, 0.3) is 6.08 Å². The van der Waals surface area contributed by atoms with E-state index in [2.05, 4.69) is 9.99 Å². The summed E-state index contributed by atoms with van der Waals surface area (Å²) < 4.78 is 5.68. The number of aromatic carboxylic acids is 1. The fraction of sp³-hybridized carbons (Fsp3) is 0.105. The van der Waals surface area contributed by atoms with Crippen molar-refractivity contribution in [3.63, 3.8) is 0 Å². The number of hydrogen-bond donors (Lipinski definition) is 1. The van der Waals surface area contributed by atoms with Gasteiger partial charge in [-0.3, -0.25) is 0 Å². The topological polar surface area (TPSA) is 85.2 Å². The van der Waals surface area contributed by atoms with Crippen LogP contribution in [0.5, 0.6) is 5.75 Å². The number of oxime groups is 1. The maximum absolute atomic E-state index is 11.5. The van der Waals surface area contributed by atoms with Crippen molar-refractivity contribution >= 4 is 23.7 Å². The number of nitrogens with zero attached hydrogens (tertiary/aromatic N) is 1. The van der Waals surface area contributed by atoms with Crippen LogP contribution < -0.4 is 4.74 Å². The van der Waals surface area contributed by atoms with Crippen LogP contribution in [0.2, 0.25) is 0 Å². The Bertz CT molecular complexity index is 864. The van der Waals surface area contributed by atoms with Crippen molar-refractivity contribution in [1.82, 2.24) is 0 Å². The molecule has 3 rings (SSSR count). The summed E-state index contributed by atoms with van der Waals surface area (Å²) >= 11 is 0. The van der Waals surface area contributed by atoms with Crippen molar-refractivity contribution in [2.24, 2.45) is 5.16 Å². The molecule has 6 nitrogen and oxygen atoms in total. The van der Waals surface area contributed by atoms with Crippen molar-refractivity contribution in [1.29, 1.82) is 0 Å². The SMILES string of the molecule is CC1=NOC(=O)C1=Cc1ccc(OCc2ccc(C(=O)O)cc2)cc1. The second kappa shape index (κ2) is 7.00. The quantitative estimate of drug-likeness (QED) is 0.668. The minimum absolute atomic E-state index is 0.241. The highest BCUT2D eigenvalue weighted by atomic mass is 16.7. The molecular weight excluding hydrogens is 322 g/mol. The molecule has 0 unspecified atom stereocenters. The molecule has 126 valence electrons. The van der Waals surface area contributed by atoms with Crippen LogP contribution >= 0.6 is 0 Å². The van der Waals surface area contributed by atoms with Crippen molar-refractivity contribution in [3.05, 3.63) is 70.8 Å². The fourth-order valence-electron chi connectivity index (χ4n) is 2.26. The van der Waals surface area contributed by atoms with Gasteiger partial charge < -0.3 is 14.7 Å². The van der Waals surface area contributed by atoms with E-state index in [1.54, 1.807) is 49.4 Å². The van der Waals surface area contributed by atoms with Gasteiger partial charge in [-0.15, -0.1) is 0 Å². The maximum atomic E-state index is 11.5. The van der Waals surface area contributed by atoms with Gasteiger partial charge in [-0.05, 0) is 48.4 Å². The first-order valence-electron chi connectivity index (χ1n) is 7.56. The zero-order valence-electron chi connectivity index (χ0n) is 13.4. The molecule has 0 saturated heterocycles. The lowest BCUT2D eigenvalue weighted by Gasteiger charge is -2.07. The van der Waals surface area contributed by atoms with E-state index >= 15 is 0 Å². The first-order chi connectivity index (χ1) is 12.0. The highest BCUT2D eigenvalue weighted by molar-refractivity contribution is 6.24. The predicted octanol–water partition coefficient (Wildman–Crippen LogP) is 3.28. The molecule has 0 aliphatic carbocycles. The van der Waals surface area contributed by atoms with Gasteiger partial charge in [-0.25, -0.2) is 9.59 Å². The van der Waals surface area contributed by atoms with E-state index in [1.807, 2.05) is 12.1 Å². The van der Waals surface area contributed by atoms with Gasteiger partial charge in [0.1, 0.15) is 12.4 Å². The number of hydrogen-bond acceptors (Lipinski definition) is 5. The number of carbonyl (C=O) groups excluding carboxylic acids is 1. The normalized spacial score (nSPS) is 15.0. The molecule has 0 radical (unpaired) electrons. The van der Waals surface area contributed by atoms with Gasteiger partial charge in [0.2, 0.25) is 0 Å². The van der Waals surface area contributed by atoms with Crippen molar-refractivity contribution in [2.45, 2.75) is 13.5 Å². The Hall–Kier alpha value is -3.41. The molecule has 1 aliphatic heterocycles. The second-order valence-electron chi connectivity index (χ2n) is 5.47. The molecule has 0 fully saturated rings.